The van der Waals surface area contributed by atoms with Crippen molar-refractivity contribution in [2.24, 2.45) is 0 Å². The summed E-state index contributed by atoms with van der Waals surface area (Å²) in [6.07, 6.45) is 2.79. The number of methoxy groups -OCH3 is 1. The fraction of sp³-hybridized carbons (Fsp3) is 0.538. The molecule has 0 saturated heterocycles. The lowest BCUT2D eigenvalue weighted by molar-refractivity contribution is 0.383. The van der Waals surface area contributed by atoms with Crippen molar-refractivity contribution in [3.8, 4) is 5.75 Å². The molecular weight excluding hydrogens is 205 g/mol. The van der Waals surface area contributed by atoms with Crippen LogP contribution in [-0.4, -0.2) is 20.2 Å². The minimum Gasteiger partial charge on any atom is -0.494 e. The second-order valence-electron chi connectivity index (χ2n) is 4.02. The van der Waals surface area contributed by atoms with Crippen LogP contribution >= 0.6 is 0 Å². The minimum atomic E-state index is -0.220. The molecule has 16 heavy (non-hydrogen) atoms. The van der Waals surface area contributed by atoms with Gasteiger partial charge in [0.1, 0.15) is 0 Å². The van der Waals surface area contributed by atoms with Crippen molar-refractivity contribution >= 4 is 0 Å². The molecule has 90 valence electrons. The van der Waals surface area contributed by atoms with Gasteiger partial charge in [0, 0.05) is 6.04 Å². The summed E-state index contributed by atoms with van der Waals surface area (Å²) in [7, 11) is 3.43. The average Bonchev–Trinajstić information content (AvgIpc) is 2.31. The highest BCUT2D eigenvalue weighted by molar-refractivity contribution is 5.31. The van der Waals surface area contributed by atoms with Crippen LogP contribution in [0.3, 0.4) is 0 Å². The number of hydrogen-bond acceptors (Lipinski definition) is 2. The van der Waals surface area contributed by atoms with Crippen LogP contribution in [0.4, 0.5) is 4.39 Å². The molecule has 0 bridgehead atoms. The Kier molecular flexibility index (Phi) is 5.26. The topological polar surface area (TPSA) is 21.3 Å². The van der Waals surface area contributed by atoms with E-state index in [0.717, 1.165) is 24.8 Å². The summed E-state index contributed by atoms with van der Waals surface area (Å²) in [6.45, 7) is 2.13. The van der Waals surface area contributed by atoms with Gasteiger partial charge in [-0.2, -0.15) is 0 Å². The smallest absolute Gasteiger partial charge is 0.168 e. The summed E-state index contributed by atoms with van der Waals surface area (Å²) in [6, 6.07) is 5.78. The van der Waals surface area contributed by atoms with E-state index < -0.39 is 0 Å². The summed E-state index contributed by atoms with van der Waals surface area (Å²) in [5.74, 6) is 0.112. The van der Waals surface area contributed by atoms with Gasteiger partial charge in [-0.3, -0.25) is 0 Å². The molecule has 0 aliphatic rings. The van der Waals surface area contributed by atoms with Gasteiger partial charge in [-0.05, 0) is 44.9 Å². The van der Waals surface area contributed by atoms with Gasteiger partial charge < -0.3 is 10.1 Å². The molecule has 3 heteroatoms. The van der Waals surface area contributed by atoms with E-state index in [-0.39, 0.29) is 5.82 Å². The molecule has 0 fully saturated rings. The third-order valence-electron chi connectivity index (χ3n) is 2.84. The van der Waals surface area contributed by atoms with Crippen LogP contribution in [0.25, 0.3) is 0 Å². The lowest BCUT2D eigenvalue weighted by Gasteiger charge is -2.10. The van der Waals surface area contributed by atoms with Crippen LogP contribution in [0.2, 0.25) is 0 Å². The molecule has 1 N–H and O–H groups in total. The van der Waals surface area contributed by atoms with Crippen molar-refractivity contribution in [3.05, 3.63) is 29.6 Å². The van der Waals surface area contributed by atoms with Crippen molar-refractivity contribution in [3.63, 3.8) is 0 Å². The van der Waals surface area contributed by atoms with Gasteiger partial charge in [0.25, 0.3) is 0 Å². The van der Waals surface area contributed by atoms with Crippen molar-refractivity contribution in [1.29, 1.82) is 0 Å². The molecule has 0 spiro atoms. The highest BCUT2D eigenvalue weighted by Gasteiger charge is 2.08. The summed E-state index contributed by atoms with van der Waals surface area (Å²) >= 11 is 0. The van der Waals surface area contributed by atoms with E-state index in [2.05, 4.69) is 12.2 Å². The van der Waals surface area contributed by atoms with E-state index in [9.17, 15) is 4.39 Å². The van der Waals surface area contributed by atoms with Crippen molar-refractivity contribution < 1.29 is 9.13 Å². The molecule has 0 amide bonds. The number of halogens is 1. The Morgan fingerprint density at radius 2 is 2.19 bits per heavy atom. The minimum absolute atomic E-state index is 0.220. The third kappa shape index (κ3) is 3.49. The van der Waals surface area contributed by atoms with Gasteiger partial charge in [-0.25, -0.2) is 4.39 Å². The lowest BCUT2D eigenvalue weighted by Crippen LogP contribution is -2.20. The van der Waals surface area contributed by atoms with Crippen molar-refractivity contribution in [2.45, 2.75) is 32.2 Å². The Balaban J connectivity index is 2.54. The quantitative estimate of drug-likeness (QED) is 0.803. The van der Waals surface area contributed by atoms with E-state index in [1.165, 1.54) is 7.11 Å². The summed E-state index contributed by atoms with van der Waals surface area (Å²) in [5, 5.41) is 3.17. The van der Waals surface area contributed by atoms with Gasteiger partial charge in [0.2, 0.25) is 0 Å². The first kappa shape index (κ1) is 13.0. The number of ether oxygens (including phenoxy) is 1. The first-order chi connectivity index (χ1) is 7.69. The van der Waals surface area contributed by atoms with Gasteiger partial charge in [-0.15, -0.1) is 0 Å². The van der Waals surface area contributed by atoms with E-state index in [1.807, 2.05) is 19.2 Å². The molecule has 1 aromatic carbocycles. The van der Waals surface area contributed by atoms with E-state index in [1.54, 1.807) is 6.07 Å². The largest absolute Gasteiger partial charge is 0.494 e. The Bertz CT molecular complexity index is 328. The first-order valence-corrected chi connectivity index (χ1v) is 5.67. The number of benzene rings is 1. The average molecular weight is 225 g/mol. The standard InChI is InChI=1S/C13H20FNO/c1-10(15-2)6-4-7-11-8-5-9-12(16-3)13(11)14/h5,8-10,15H,4,6-7H2,1-3H3. The fourth-order valence-electron chi connectivity index (χ4n) is 1.65. The molecule has 0 heterocycles. The van der Waals surface area contributed by atoms with Gasteiger partial charge >= 0.3 is 0 Å². The lowest BCUT2D eigenvalue weighted by atomic mass is 10.0. The number of nitrogens with one attached hydrogen (secondary N) is 1. The van der Waals surface area contributed by atoms with E-state index >= 15 is 0 Å². The van der Waals surface area contributed by atoms with Gasteiger partial charge in [-0.1, -0.05) is 12.1 Å². The van der Waals surface area contributed by atoms with E-state index in [4.69, 9.17) is 4.74 Å². The molecule has 1 unspecified atom stereocenters. The van der Waals surface area contributed by atoms with Crippen LogP contribution in [0.1, 0.15) is 25.3 Å². The number of hydrogen-bond donors (Lipinski definition) is 1. The molecule has 2 nitrogen and oxygen atoms in total. The summed E-state index contributed by atoms with van der Waals surface area (Å²) in [4.78, 5) is 0. The van der Waals surface area contributed by atoms with Gasteiger partial charge in [0.05, 0.1) is 7.11 Å². The van der Waals surface area contributed by atoms with Crippen LogP contribution in [0, 0.1) is 5.82 Å². The van der Waals surface area contributed by atoms with E-state index in [0.29, 0.717) is 11.8 Å². The third-order valence-corrected chi connectivity index (χ3v) is 2.84. The SMILES string of the molecule is CNC(C)CCCc1cccc(OC)c1F. The van der Waals surface area contributed by atoms with Crippen LogP contribution in [-0.2, 0) is 6.42 Å². The molecule has 0 radical (unpaired) electrons. The predicted molar refractivity (Wildman–Crippen MR) is 64.4 cm³/mol. The monoisotopic (exact) mass is 225 g/mol. The van der Waals surface area contributed by atoms with Crippen LogP contribution in [0.15, 0.2) is 18.2 Å². The highest BCUT2D eigenvalue weighted by Crippen LogP contribution is 2.21. The number of aryl methyl sites for hydroxylation is 1. The second kappa shape index (κ2) is 6.48. The second-order valence-corrected chi connectivity index (χ2v) is 4.02. The molecule has 0 aromatic heterocycles. The zero-order valence-electron chi connectivity index (χ0n) is 10.2. The highest BCUT2D eigenvalue weighted by atomic mass is 19.1. The molecule has 0 aliphatic carbocycles. The molecule has 1 aromatic rings. The summed E-state index contributed by atoms with van der Waals surface area (Å²) in [5.41, 5.74) is 0.739. The fourth-order valence-corrected chi connectivity index (χ4v) is 1.65. The molecule has 0 saturated carbocycles. The number of rotatable bonds is 6. The zero-order valence-corrected chi connectivity index (χ0v) is 10.2. The Morgan fingerprint density at radius 1 is 1.44 bits per heavy atom. The predicted octanol–water partition coefficient (Wildman–Crippen LogP) is 2.76. The van der Waals surface area contributed by atoms with Gasteiger partial charge in [0.15, 0.2) is 11.6 Å². The molecule has 0 aliphatic heterocycles. The maximum absolute atomic E-state index is 13.7. The molecule has 1 atom stereocenters. The Hall–Kier alpha value is -1.09. The maximum Gasteiger partial charge on any atom is 0.168 e. The van der Waals surface area contributed by atoms with Crippen molar-refractivity contribution in [2.75, 3.05) is 14.2 Å². The normalized spacial score (nSPS) is 12.5. The Labute approximate surface area is 96.8 Å². The van der Waals surface area contributed by atoms with Crippen LogP contribution in [0.5, 0.6) is 5.75 Å². The van der Waals surface area contributed by atoms with Crippen LogP contribution < -0.4 is 10.1 Å². The summed E-state index contributed by atoms with van der Waals surface area (Å²) < 4.78 is 18.7. The van der Waals surface area contributed by atoms with Crippen molar-refractivity contribution in [1.82, 2.24) is 5.32 Å². The first-order valence-electron chi connectivity index (χ1n) is 5.67. The Morgan fingerprint density at radius 3 is 2.81 bits per heavy atom. The maximum atomic E-state index is 13.7. The molecular formula is C13H20FNO. The molecule has 1 rings (SSSR count). The zero-order chi connectivity index (χ0) is 12.0.